The maximum Gasteiger partial charge on any atom is 0.161 e. The SMILES string of the molecule is COc1cc2cc(-c3cccc(C(C)=O)c3)nc(C)c2cc1OC.Cl. The van der Waals surface area contributed by atoms with Crippen LogP contribution in [0, 0.1) is 6.92 Å². The molecule has 0 bridgehead atoms. The van der Waals surface area contributed by atoms with Gasteiger partial charge in [0.2, 0.25) is 0 Å². The van der Waals surface area contributed by atoms with Crippen LogP contribution in [-0.4, -0.2) is 25.0 Å². The first-order valence-corrected chi connectivity index (χ1v) is 7.68. The Balaban J connectivity index is 0.00000225. The second kappa shape index (κ2) is 7.53. The number of methoxy groups -OCH3 is 2. The highest BCUT2D eigenvalue weighted by atomic mass is 35.5. The van der Waals surface area contributed by atoms with E-state index in [0.29, 0.717) is 17.1 Å². The van der Waals surface area contributed by atoms with Gasteiger partial charge in [-0.3, -0.25) is 9.78 Å². The quantitative estimate of drug-likeness (QED) is 0.626. The Morgan fingerprint density at radius 3 is 2.32 bits per heavy atom. The molecule has 4 nitrogen and oxygen atoms in total. The van der Waals surface area contributed by atoms with Crippen LogP contribution in [0.1, 0.15) is 23.0 Å². The second-order valence-electron chi connectivity index (χ2n) is 5.66. The highest BCUT2D eigenvalue weighted by Gasteiger charge is 2.11. The maximum atomic E-state index is 11.6. The number of pyridine rings is 1. The molecule has 0 spiro atoms. The van der Waals surface area contributed by atoms with Gasteiger partial charge >= 0.3 is 0 Å². The number of hydrogen-bond acceptors (Lipinski definition) is 4. The zero-order valence-electron chi connectivity index (χ0n) is 14.6. The highest BCUT2D eigenvalue weighted by molar-refractivity contribution is 5.96. The van der Waals surface area contributed by atoms with Crippen molar-refractivity contribution in [1.82, 2.24) is 4.98 Å². The summed E-state index contributed by atoms with van der Waals surface area (Å²) in [5, 5.41) is 2.03. The van der Waals surface area contributed by atoms with E-state index >= 15 is 0 Å². The maximum absolute atomic E-state index is 11.6. The van der Waals surface area contributed by atoms with Crippen molar-refractivity contribution in [1.29, 1.82) is 0 Å². The van der Waals surface area contributed by atoms with Crippen molar-refractivity contribution in [2.45, 2.75) is 13.8 Å². The highest BCUT2D eigenvalue weighted by Crippen LogP contribution is 2.34. The van der Waals surface area contributed by atoms with Crippen LogP contribution in [0.5, 0.6) is 11.5 Å². The zero-order valence-corrected chi connectivity index (χ0v) is 15.4. The van der Waals surface area contributed by atoms with E-state index in [-0.39, 0.29) is 18.2 Å². The molecule has 25 heavy (non-hydrogen) atoms. The van der Waals surface area contributed by atoms with Crippen molar-refractivity contribution in [3.8, 4) is 22.8 Å². The van der Waals surface area contributed by atoms with Crippen LogP contribution in [0.25, 0.3) is 22.0 Å². The van der Waals surface area contributed by atoms with Crippen LogP contribution in [-0.2, 0) is 0 Å². The largest absolute Gasteiger partial charge is 0.493 e. The monoisotopic (exact) mass is 357 g/mol. The number of nitrogens with zero attached hydrogens (tertiary/aromatic N) is 1. The predicted molar refractivity (Wildman–Crippen MR) is 102 cm³/mol. The van der Waals surface area contributed by atoms with Crippen LogP contribution < -0.4 is 9.47 Å². The fourth-order valence-corrected chi connectivity index (χ4v) is 2.79. The zero-order chi connectivity index (χ0) is 17.3. The fourth-order valence-electron chi connectivity index (χ4n) is 2.79. The molecule has 1 heterocycles. The summed E-state index contributed by atoms with van der Waals surface area (Å²) in [5.41, 5.74) is 3.33. The Morgan fingerprint density at radius 1 is 1.00 bits per heavy atom. The molecule has 3 rings (SSSR count). The van der Waals surface area contributed by atoms with Crippen molar-refractivity contribution in [2.75, 3.05) is 14.2 Å². The lowest BCUT2D eigenvalue weighted by Gasteiger charge is -2.12. The van der Waals surface area contributed by atoms with Crippen molar-refractivity contribution in [2.24, 2.45) is 0 Å². The van der Waals surface area contributed by atoms with E-state index in [1.54, 1.807) is 21.1 Å². The summed E-state index contributed by atoms with van der Waals surface area (Å²) in [5.74, 6) is 1.40. The van der Waals surface area contributed by atoms with Gasteiger partial charge < -0.3 is 9.47 Å². The van der Waals surface area contributed by atoms with Gasteiger partial charge in [-0.2, -0.15) is 0 Å². The van der Waals surface area contributed by atoms with Crippen molar-refractivity contribution >= 4 is 29.0 Å². The summed E-state index contributed by atoms with van der Waals surface area (Å²) < 4.78 is 10.8. The molecule has 0 atom stereocenters. The molecule has 0 aliphatic heterocycles. The summed E-state index contributed by atoms with van der Waals surface area (Å²) in [7, 11) is 3.24. The van der Waals surface area contributed by atoms with Crippen LogP contribution in [0.15, 0.2) is 42.5 Å². The number of rotatable bonds is 4. The van der Waals surface area contributed by atoms with Crippen molar-refractivity contribution in [3.63, 3.8) is 0 Å². The first-order valence-electron chi connectivity index (χ1n) is 7.68. The van der Waals surface area contributed by atoms with Crippen LogP contribution in [0.2, 0.25) is 0 Å². The third-order valence-electron chi connectivity index (χ3n) is 4.09. The van der Waals surface area contributed by atoms with Gasteiger partial charge in [0.15, 0.2) is 17.3 Å². The van der Waals surface area contributed by atoms with Gasteiger partial charge in [-0.1, -0.05) is 18.2 Å². The number of fused-ring (bicyclic) bond motifs is 1. The molecule has 0 aliphatic carbocycles. The molecular formula is C20H20ClNO3. The lowest BCUT2D eigenvalue weighted by Crippen LogP contribution is -1.95. The van der Waals surface area contributed by atoms with Gasteiger partial charge in [0, 0.05) is 22.2 Å². The molecular weight excluding hydrogens is 338 g/mol. The number of aromatic nitrogens is 1. The lowest BCUT2D eigenvalue weighted by molar-refractivity contribution is 0.101. The van der Waals surface area contributed by atoms with E-state index in [4.69, 9.17) is 14.5 Å². The van der Waals surface area contributed by atoms with E-state index in [1.165, 1.54) is 0 Å². The van der Waals surface area contributed by atoms with E-state index in [2.05, 4.69) is 0 Å². The molecule has 5 heteroatoms. The molecule has 130 valence electrons. The molecule has 0 N–H and O–H groups in total. The van der Waals surface area contributed by atoms with Crippen LogP contribution >= 0.6 is 12.4 Å². The normalized spacial score (nSPS) is 10.2. The third kappa shape index (κ3) is 3.59. The Bertz CT molecular complexity index is 938. The van der Waals surface area contributed by atoms with E-state index in [9.17, 15) is 4.79 Å². The van der Waals surface area contributed by atoms with Crippen LogP contribution in [0.4, 0.5) is 0 Å². The van der Waals surface area contributed by atoms with Crippen molar-refractivity contribution in [3.05, 3.63) is 53.7 Å². The molecule has 0 amide bonds. The minimum absolute atomic E-state index is 0. The number of ketones is 1. The standard InChI is InChI=1S/C20H19NO3.ClH/c1-12-17-11-20(24-4)19(23-3)10-16(17)9-18(21-12)15-7-5-6-14(8-15)13(2)22;/h5-11H,1-4H3;1H. The van der Waals surface area contributed by atoms with Gasteiger partial charge in [0.1, 0.15) is 0 Å². The summed E-state index contributed by atoms with van der Waals surface area (Å²) in [6.07, 6.45) is 0. The first-order chi connectivity index (χ1) is 11.5. The Labute approximate surface area is 153 Å². The Kier molecular flexibility index (Phi) is 5.65. The molecule has 0 unspecified atom stereocenters. The van der Waals surface area contributed by atoms with Gasteiger partial charge in [-0.05, 0) is 43.5 Å². The molecule has 0 saturated heterocycles. The minimum Gasteiger partial charge on any atom is -0.493 e. The number of carbonyl (C=O) groups is 1. The molecule has 2 aromatic carbocycles. The number of Topliss-reactive ketones (excluding diaryl/α,β-unsaturated/α-hetero) is 1. The van der Waals surface area contributed by atoms with E-state index in [1.807, 2.05) is 49.4 Å². The van der Waals surface area contributed by atoms with E-state index in [0.717, 1.165) is 27.7 Å². The fraction of sp³-hybridized carbons (Fsp3) is 0.200. The minimum atomic E-state index is 0. The molecule has 1 aromatic heterocycles. The van der Waals surface area contributed by atoms with E-state index < -0.39 is 0 Å². The second-order valence-corrected chi connectivity index (χ2v) is 5.66. The summed E-state index contributed by atoms with van der Waals surface area (Å²) in [6.45, 7) is 3.53. The number of halogens is 1. The number of hydrogen-bond donors (Lipinski definition) is 0. The summed E-state index contributed by atoms with van der Waals surface area (Å²) in [6, 6.07) is 13.4. The molecule has 0 saturated carbocycles. The number of ether oxygens (including phenoxy) is 2. The topological polar surface area (TPSA) is 48.4 Å². The average molecular weight is 358 g/mol. The number of benzene rings is 2. The van der Waals surface area contributed by atoms with Gasteiger partial charge in [0.25, 0.3) is 0 Å². The Hall–Kier alpha value is -2.59. The predicted octanol–water partition coefficient (Wildman–Crippen LogP) is 4.85. The third-order valence-corrected chi connectivity index (χ3v) is 4.09. The first kappa shape index (κ1) is 18.7. The smallest absolute Gasteiger partial charge is 0.161 e. The Morgan fingerprint density at radius 2 is 1.68 bits per heavy atom. The average Bonchev–Trinajstić information content (AvgIpc) is 2.60. The van der Waals surface area contributed by atoms with Gasteiger partial charge in [-0.15, -0.1) is 12.4 Å². The van der Waals surface area contributed by atoms with Crippen molar-refractivity contribution < 1.29 is 14.3 Å². The molecule has 0 radical (unpaired) electrons. The molecule has 0 aliphatic rings. The summed E-state index contributed by atoms with van der Waals surface area (Å²) >= 11 is 0. The van der Waals surface area contributed by atoms with Gasteiger partial charge in [0.05, 0.1) is 19.9 Å². The number of carbonyl (C=O) groups excluding carboxylic acids is 1. The van der Waals surface area contributed by atoms with Crippen LogP contribution in [0.3, 0.4) is 0 Å². The summed E-state index contributed by atoms with van der Waals surface area (Å²) in [4.78, 5) is 16.3. The van der Waals surface area contributed by atoms with Gasteiger partial charge in [-0.25, -0.2) is 0 Å². The lowest BCUT2D eigenvalue weighted by atomic mass is 10.0. The molecule has 3 aromatic rings. The molecule has 0 fully saturated rings. The number of aryl methyl sites for hydroxylation is 1.